The molecule has 0 bridgehead atoms. The van der Waals surface area contributed by atoms with Crippen LogP contribution in [-0.4, -0.2) is 26.9 Å². The molecule has 1 aromatic rings. The Hall–Kier alpha value is -1.61. The molecule has 1 atom stereocenters. The number of alkyl halides is 3. The van der Waals surface area contributed by atoms with Gasteiger partial charge in [0.05, 0.1) is 10.5 Å². The number of carbonyl (C=O) groups excluding carboxylic acids is 1. The summed E-state index contributed by atoms with van der Waals surface area (Å²) in [5.74, 6) is -0.423. The van der Waals surface area contributed by atoms with Crippen molar-refractivity contribution >= 4 is 15.9 Å². The van der Waals surface area contributed by atoms with Gasteiger partial charge in [0.25, 0.3) is 0 Å². The molecule has 0 radical (unpaired) electrons. The summed E-state index contributed by atoms with van der Waals surface area (Å²) in [5.41, 5.74) is -0.932. The van der Waals surface area contributed by atoms with Gasteiger partial charge >= 0.3 is 6.18 Å². The number of hydrogen-bond donors (Lipinski definition) is 2. The monoisotopic (exact) mass is 336 g/mol. The van der Waals surface area contributed by atoms with Crippen LogP contribution in [0.25, 0.3) is 0 Å². The Morgan fingerprint density at radius 1 is 1.14 bits per heavy atom. The van der Waals surface area contributed by atoms with Crippen molar-refractivity contribution in [3.63, 3.8) is 0 Å². The van der Waals surface area contributed by atoms with E-state index in [4.69, 9.17) is 0 Å². The number of carbonyl (C=O) groups is 1. The summed E-state index contributed by atoms with van der Waals surface area (Å²) >= 11 is 0. The lowest BCUT2D eigenvalue weighted by Gasteiger charge is -2.15. The third-order valence-corrected chi connectivity index (χ3v) is 4.81. The van der Waals surface area contributed by atoms with Gasteiger partial charge in [-0.2, -0.15) is 17.9 Å². The van der Waals surface area contributed by atoms with Gasteiger partial charge in [-0.3, -0.25) is 4.79 Å². The van der Waals surface area contributed by atoms with Crippen LogP contribution < -0.4 is 10.0 Å². The van der Waals surface area contributed by atoms with E-state index in [0.717, 1.165) is 18.6 Å². The first-order valence-electron chi connectivity index (χ1n) is 6.67. The molecule has 0 aromatic heterocycles. The van der Waals surface area contributed by atoms with Gasteiger partial charge in [-0.15, -0.1) is 0 Å². The fraction of sp³-hybridized carbons (Fsp3) is 0.462. The fourth-order valence-corrected chi connectivity index (χ4v) is 3.36. The minimum absolute atomic E-state index is 0.308. The number of halogens is 3. The second-order valence-electron chi connectivity index (χ2n) is 4.98. The highest BCUT2D eigenvalue weighted by Crippen LogP contribution is 2.29. The second-order valence-corrected chi connectivity index (χ2v) is 6.70. The van der Waals surface area contributed by atoms with Crippen LogP contribution in [0, 0.1) is 0 Å². The van der Waals surface area contributed by atoms with Crippen molar-refractivity contribution in [1.29, 1.82) is 0 Å². The molecule has 1 aliphatic rings. The maximum absolute atomic E-state index is 12.5. The normalized spacial score (nSPS) is 20.3. The van der Waals surface area contributed by atoms with Crippen LogP contribution in [0.2, 0.25) is 0 Å². The fourth-order valence-electron chi connectivity index (χ4n) is 2.13. The van der Waals surface area contributed by atoms with Crippen molar-refractivity contribution in [3.8, 4) is 0 Å². The van der Waals surface area contributed by atoms with Gasteiger partial charge in [0.1, 0.15) is 6.04 Å². The predicted molar refractivity (Wildman–Crippen MR) is 72.4 cm³/mol. The van der Waals surface area contributed by atoms with Crippen molar-refractivity contribution in [2.45, 2.75) is 36.4 Å². The molecule has 0 aliphatic carbocycles. The molecule has 5 nitrogen and oxygen atoms in total. The van der Waals surface area contributed by atoms with Crippen LogP contribution in [-0.2, 0) is 21.0 Å². The van der Waals surface area contributed by atoms with Gasteiger partial charge in [-0.05, 0) is 43.5 Å². The lowest BCUT2D eigenvalue weighted by Crippen LogP contribution is -2.45. The topological polar surface area (TPSA) is 75.3 Å². The van der Waals surface area contributed by atoms with Gasteiger partial charge < -0.3 is 5.32 Å². The Labute approximate surface area is 125 Å². The molecule has 2 rings (SSSR count). The summed E-state index contributed by atoms with van der Waals surface area (Å²) in [6.45, 7) is 0.483. The van der Waals surface area contributed by atoms with E-state index in [9.17, 15) is 26.4 Å². The summed E-state index contributed by atoms with van der Waals surface area (Å²) in [4.78, 5) is 11.4. The molecule has 0 saturated carbocycles. The first-order chi connectivity index (χ1) is 10.2. The van der Waals surface area contributed by atoms with Gasteiger partial charge in [-0.1, -0.05) is 0 Å². The van der Waals surface area contributed by atoms with Crippen LogP contribution in [0.4, 0.5) is 13.2 Å². The Balaban J connectivity index is 2.17. The van der Waals surface area contributed by atoms with Crippen molar-refractivity contribution < 1.29 is 26.4 Å². The molecular weight excluding hydrogens is 321 g/mol. The molecule has 122 valence electrons. The predicted octanol–water partition coefficient (Wildman–Crippen LogP) is 1.65. The summed E-state index contributed by atoms with van der Waals surface area (Å²) in [7, 11) is -4.05. The van der Waals surface area contributed by atoms with E-state index < -0.39 is 33.7 Å². The SMILES string of the molecule is O=C1NCCCC[C@H]1NS(=O)(=O)c1ccc(C(F)(F)F)cc1. The third-order valence-electron chi connectivity index (χ3n) is 3.32. The minimum atomic E-state index is -4.53. The lowest BCUT2D eigenvalue weighted by molar-refractivity contribution is -0.137. The average Bonchev–Trinajstić information content (AvgIpc) is 2.63. The molecule has 0 spiro atoms. The van der Waals surface area contributed by atoms with E-state index in [1.165, 1.54) is 0 Å². The van der Waals surface area contributed by atoms with Gasteiger partial charge in [0.15, 0.2) is 0 Å². The number of hydrogen-bond acceptors (Lipinski definition) is 3. The maximum atomic E-state index is 12.5. The molecule has 1 amide bonds. The highest BCUT2D eigenvalue weighted by molar-refractivity contribution is 7.89. The van der Waals surface area contributed by atoms with E-state index in [2.05, 4.69) is 10.0 Å². The molecule has 22 heavy (non-hydrogen) atoms. The number of nitrogens with one attached hydrogen (secondary N) is 2. The quantitative estimate of drug-likeness (QED) is 0.881. The van der Waals surface area contributed by atoms with Crippen LogP contribution in [0.5, 0.6) is 0 Å². The summed E-state index contributed by atoms with van der Waals surface area (Å²) in [6.07, 6.45) is -2.74. The molecule has 1 saturated heterocycles. The largest absolute Gasteiger partial charge is 0.416 e. The first-order valence-corrected chi connectivity index (χ1v) is 8.16. The first kappa shape index (κ1) is 16.8. The van der Waals surface area contributed by atoms with Crippen LogP contribution in [0.3, 0.4) is 0 Å². The zero-order valence-corrected chi connectivity index (χ0v) is 12.3. The molecular formula is C13H15F3N2O3S. The molecule has 9 heteroatoms. The summed E-state index contributed by atoms with van der Waals surface area (Å²) in [6, 6.07) is 2.23. The Bertz CT molecular complexity index is 641. The zero-order chi connectivity index (χ0) is 16.4. The van der Waals surface area contributed by atoms with E-state index >= 15 is 0 Å². The Morgan fingerprint density at radius 2 is 1.77 bits per heavy atom. The van der Waals surface area contributed by atoms with Gasteiger partial charge in [0, 0.05) is 6.54 Å². The van der Waals surface area contributed by atoms with Gasteiger partial charge in [-0.25, -0.2) is 8.42 Å². The van der Waals surface area contributed by atoms with E-state index in [1.807, 2.05) is 0 Å². The smallest absolute Gasteiger partial charge is 0.355 e. The maximum Gasteiger partial charge on any atom is 0.416 e. The molecule has 1 aromatic carbocycles. The Kier molecular flexibility index (Phi) is 4.76. The van der Waals surface area contributed by atoms with Crippen molar-refractivity contribution in [3.05, 3.63) is 29.8 Å². The van der Waals surface area contributed by atoms with Crippen molar-refractivity contribution in [1.82, 2.24) is 10.0 Å². The molecule has 1 aliphatic heterocycles. The summed E-state index contributed by atoms with van der Waals surface area (Å²) < 4.78 is 63.9. The van der Waals surface area contributed by atoms with Crippen molar-refractivity contribution in [2.24, 2.45) is 0 Å². The number of rotatable bonds is 3. The molecule has 0 unspecified atom stereocenters. The number of benzene rings is 1. The molecule has 1 heterocycles. The van der Waals surface area contributed by atoms with Gasteiger partial charge in [0.2, 0.25) is 15.9 Å². The molecule has 2 N–H and O–H groups in total. The standard InChI is InChI=1S/C13H15F3N2O3S/c14-13(15,16)9-4-6-10(7-5-9)22(20,21)18-11-3-1-2-8-17-12(11)19/h4-7,11,18H,1-3,8H2,(H,17,19)/t11-/m1/s1. The van der Waals surface area contributed by atoms with Crippen molar-refractivity contribution in [2.75, 3.05) is 6.54 Å². The number of sulfonamides is 1. The summed E-state index contributed by atoms with van der Waals surface area (Å²) in [5, 5.41) is 2.58. The third kappa shape index (κ3) is 3.98. The van der Waals surface area contributed by atoms with E-state index in [1.54, 1.807) is 0 Å². The Morgan fingerprint density at radius 3 is 2.36 bits per heavy atom. The zero-order valence-electron chi connectivity index (χ0n) is 11.5. The highest BCUT2D eigenvalue weighted by atomic mass is 32.2. The van der Waals surface area contributed by atoms with E-state index in [-0.39, 0.29) is 4.90 Å². The minimum Gasteiger partial charge on any atom is -0.355 e. The second kappa shape index (κ2) is 6.25. The lowest BCUT2D eigenvalue weighted by atomic mass is 10.1. The van der Waals surface area contributed by atoms with Crippen LogP contribution in [0.15, 0.2) is 29.2 Å². The average molecular weight is 336 g/mol. The van der Waals surface area contributed by atoms with Crippen LogP contribution in [0.1, 0.15) is 24.8 Å². The van der Waals surface area contributed by atoms with Crippen LogP contribution >= 0.6 is 0 Å². The van der Waals surface area contributed by atoms with E-state index in [0.29, 0.717) is 31.5 Å². The highest BCUT2D eigenvalue weighted by Gasteiger charge is 2.31. The number of amides is 1. The molecule has 1 fully saturated rings.